The highest BCUT2D eigenvalue weighted by molar-refractivity contribution is 5.93. The number of hydrogen-bond acceptors (Lipinski definition) is 5. The first-order valence-electron chi connectivity index (χ1n) is 6.77. The minimum Gasteiger partial charge on any atom is -0.308 e. The van der Waals surface area contributed by atoms with Crippen molar-refractivity contribution in [3.8, 4) is 0 Å². The molecule has 0 spiro atoms. The monoisotopic (exact) mass is 270 g/mol. The maximum absolute atomic E-state index is 5.61. The standard InChI is InChI=1S/C14H18N6/c1-4-5-10-7-11(18-15)20-14(17-10)12-8(2)6-9(3)16-13(12)19-20/h6-7,18H,4-5,15H2,1-3H3. The van der Waals surface area contributed by atoms with Gasteiger partial charge in [-0.1, -0.05) is 13.3 Å². The molecule has 0 aliphatic carbocycles. The van der Waals surface area contributed by atoms with Crippen LogP contribution < -0.4 is 11.3 Å². The van der Waals surface area contributed by atoms with Crippen molar-refractivity contribution < 1.29 is 0 Å². The fraction of sp³-hybridized carbons (Fsp3) is 0.357. The Kier molecular flexibility index (Phi) is 3.02. The van der Waals surface area contributed by atoms with E-state index in [1.807, 2.05) is 19.1 Å². The van der Waals surface area contributed by atoms with Gasteiger partial charge in [0.25, 0.3) is 0 Å². The highest BCUT2D eigenvalue weighted by Crippen LogP contribution is 2.24. The molecule has 3 rings (SSSR count). The molecule has 6 nitrogen and oxygen atoms in total. The number of hydrogen-bond donors (Lipinski definition) is 2. The summed E-state index contributed by atoms with van der Waals surface area (Å²) in [7, 11) is 0. The van der Waals surface area contributed by atoms with E-state index in [2.05, 4.69) is 29.4 Å². The summed E-state index contributed by atoms with van der Waals surface area (Å²) in [5.74, 6) is 6.34. The third-order valence-corrected chi connectivity index (χ3v) is 3.38. The number of aryl methyl sites for hydroxylation is 3. The Morgan fingerprint density at radius 2 is 2.05 bits per heavy atom. The lowest BCUT2D eigenvalue weighted by Crippen LogP contribution is -2.13. The Labute approximate surface area is 117 Å². The lowest BCUT2D eigenvalue weighted by molar-refractivity contribution is 0.860. The van der Waals surface area contributed by atoms with Gasteiger partial charge in [0.1, 0.15) is 5.82 Å². The lowest BCUT2D eigenvalue weighted by atomic mass is 10.2. The predicted octanol–water partition coefficient (Wildman–Crippen LogP) is 2.13. The van der Waals surface area contributed by atoms with Crippen molar-refractivity contribution in [1.29, 1.82) is 0 Å². The van der Waals surface area contributed by atoms with E-state index >= 15 is 0 Å². The summed E-state index contributed by atoms with van der Waals surface area (Å²) in [6, 6.07) is 3.98. The molecule has 20 heavy (non-hydrogen) atoms. The first-order chi connectivity index (χ1) is 9.63. The molecular formula is C14H18N6. The summed E-state index contributed by atoms with van der Waals surface area (Å²) in [5, 5.41) is 5.50. The molecule has 0 aliphatic rings. The highest BCUT2D eigenvalue weighted by Gasteiger charge is 2.14. The van der Waals surface area contributed by atoms with Gasteiger partial charge in [-0.3, -0.25) is 0 Å². The number of nitrogens with zero attached hydrogens (tertiary/aromatic N) is 4. The molecule has 0 aliphatic heterocycles. The molecular weight excluding hydrogens is 252 g/mol. The Morgan fingerprint density at radius 3 is 2.75 bits per heavy atom. The second-order valence-electron chi connectivity index (χ2n) is 5.04. The van der Waals surface area contributed by atoms with E-state index in [1.165, 1.54) is 0 Å². The molecule has 0 atom stereocenters. The van der Waals surface area contributed by atoms with Crippen LogP contribution in [-0.4, -0.2) is 19.6 Å². The molecule has 0 unspecified atom stereocenters. The molecule has 3 aromatic rings. The zero-order chi connectivity index (χ0) is 14.3. The van der Waals surface area contributed by atoms with Crippen molar-refractivity contribution in [3.05, 3.63) is 29.1 Å². The van der Waals surface area contributed by atoms with E-state index in [0.717, 1.165) is 46.6 Å². The molecule has 3 aromatic heterocycles. The molecule has 0 radical (unpaired) electrons. The quantitative estimate of drug-likeness (QED) is 0.563. The van der Waals surface area contributed by atoms with Crippen LogP contribution in [0.15, 0.2) is 12.1 Å². The van der Waals surface area contributed by atoms with Gasteiger partial charge in [-0.05, 0) is 31.9 Å². The zero-order valence-electron chi connectivity index (χ0n) is 11.9. The van der Waals surface area contributed by atoms with E-state index in [9.17, 15) is 0 Å². The number of fused-ring (bicyclic) bond motifs is 3. The largest absolute Gasteiger partial charge is 0.308 e. The van der Waals surface area contributed by atoms with E-state index < -0.39 is 0 Å². The van der Waals surface area contributed by atoms with Gasteiger partial charge in [-0.25, -0.2) is 15.8 Å². The van der Waals surface area contributed by atoms with Gasteiger partial charge < -0.3 is 5.43 Å². The van der Waals surface area contributed by atoms with Crippen molar-refractivity contribution in [2.24, 2.45) is 5.84 Å². The molecule has 104 valence electrons. The summed E-state index contributed by atoms with van der Waals surface area (Å²) < 4.78 is 1.73. The molecule has 0 aromatic carbocycles. The molecule has 0 bridgehead atoms. The lowest BCUT2D eigenvalue weighted by Gasteiger charge is -2.06. The van der Waals surface area contributed by atoms with Crippen molar-refractivity contribution >= 4 is 22.5 Å². The van der Waals surface area contributed by atoms with E-state index in [1.54, 1.807) is 4.52 Å². The molecule has 3 N–H and O–H groups in total. The van der Waals surface area contributed by atoms with Crippen LogP contribution >= 0.6 is 0 Å². The first kappa shape index (κ1) is 12.8. The number of nitrogens with two attached hydrogens (primary N) is 1. The maximum Gasteiger partial charge on any atom is 0.184 e. The van der Waals surface area contributed by atoms with Crippen molar-refractivity contribution in [2.75, 3.05) is 5.43 Å². The number of nitrogens with one attached hydrogen (secondary N) is 1. The van der Waals surface area contributed by atoms with Crippen LogP contribution in [0, 0.1) is 13.8 Å². The highest BCUT2D eigenvalue weighted by atomic mass is 15.4. The fourth-order valence-corrected chi connectivity index (χ4v) is 2.56. The van der Waals surface area contributed by atoms with Crippen LogP contribution in [0.1, 0.15) is 30.3 Å². The summed E-state index contributed by atoms with van der Waals surface area (Å²) in [4.78, 5) is 9.20. The second kappa shape index (κ2) is 4.72. The van der Waals surface area contributed by atoms with Crippen LogP contribution in [0.5, 0.6) is 0 Å². The van der Waals surface area contributed by atoms with Crippen LogP contribution in [0.3, 0.4) is 0 Å². The van der Waals surface area contributed by atoms with E-state index in [4.69, 9.17) is 10.8 Å². The number of hydrazine groups is 1. The molecule has 0 fully saturated rings. The Morgan fingerprint density at radius 1 is 1.25 bits per heavy atom. The summed E-state index contributed by atoms with van der Waals surface area (Å²) in [5.41, 5.74) is 7.31. The predicted molar refractivity (Wildman–Crippen MR) is 79.6 cm³/mol. The molecule has 3 heterocycles. The molecule has 0 saturated heterocycles. The van der Waals surface area contributed by atoms with Gasteiger partial charge in [0, 0.05) is 17.5 Å². The van der Waals surface area contributed by atoms with Crippen LogP contribution in [0.2, 0.25) is 0 Å². The van der Waals surface area contributed by atoms with E-state index in [-0.39, 0.29) is 0 Å². The van der Waals surface area contributed by atoms with Crippen LogP contribution in [0.25, 0.3) is 16.7 Å². The minimum atomic E-state index is 0.708. The molecule has 0 saturated carbocycles. The van der Waals surface area contributed by atoms with E-state index in [0.29, 0.717) is 5.65 Å². The molecule has 0 amide bonds. The van der Waals surface area contributed by atoms with Gasteiger partial charge >= 0.3 is 0 Å². The zero-order valence-corrected chi connectivity index (χ0v) is 11.9. The van der Waals surface area contributed by atoms with Crippen molar-refractivity contribution in [1.82, 2.24) is 19.6 Å². The second-order valence-corrected chi connectivity index (χ2v) is 5.04. The molecule has 6 heteroatoms. The minimum absolute atomic E-state index is 0.708. The summed E-state index contributed by atoms with van der Waals surface area (Å²) in [6.45, 7) is 6.16. The van der Waals surface area contributed by atoms with Crippen LogP contribution in [0.4, 0.5) is 5.82 Å². The third-order valence-electron chi connectivity index (χ3n) is 3.38. The van der Waals surface area contributed by atoms with Gasteiger partial charge in [0.2, 0.25) is 0 Å². The third kappa shape index (κ3) is 1.89. The summed E-state index contributed by atoms with van der Waals surface area (Å²) in [6.07, 6.45) is 1.95. The number of aromatic nitrogens is 4. The first-order valence-corrected chi connectivity index (χ1v) is 6.77. The SMILES string of the molecule is CCCc1cc(NN)n2nc3nc(C)cc(C)c3c2n1. The normalized spacial score (nSPS) is 11.4. The van der Waals surface area contributed by atoms with Crippen molar-refractivity contribution in [2.45, 2.75) is 33.6 Å². The maximum atomic E-state index is 5.61. The van der Waals surface area contributed by atoms with Gasteiger partial charge in [0.15, 0.2) is 11.3 Å². The average molecular weight is 270 g/mol. The van der Waals surface area contributed by atoms with Gasteiger partial charge in [-0.15, -0.1) is 5.10 Å². The number of pyridine rings is 1. The smallest absolute Gasteiger partial charge is 0.184 e. The fourth-order valence-electron chi connectivity index (χ4n) is 2.56. The number of anilines is 1. The summed E-state index contributed by atoms with van der Waals surface area (Å²) >= 11 is 0. The van der Waals surface area contributed by atoms with Crippen molar-refractivity contribution in [3.63, 3.8) is 0 Å². The number of rotatable bonds is 3. The Hall–Kier alpha value is -2.21. The number of nitrogen functional groups attached to an aromatic ring is 1. The van der Waals surface area contributed by atoms with Gasteiger partial charge in [0.05, 0.1) is 5.39 Å². The Bertz CT molecular complexity index is 789. The van der Waals surface area contributed by atoms with Crippen LogP contribution in [-0.2, 0) is 6.42 Å². The Balaban J connectivity index is 2.42. The topological polar surface area (TPSA) is 81.1 Å². The average Bonchev–Trinajstić information content (AvgIpc) is 2.76. The van der Waals surface area contributed by atoms with Gasteiger partial charge in [-0.2, -0.15) is 4.52 Å².